The molecule has 5 rings (SSSR count). The molecule has 0 aromatic carbocycles. The predicted octanol–water partition coefficient (Wildman–Crippen LogP) is 2.29. The molecule has 2 aromatic heterocycles. The first-order chi connectivity index (χ1) is 13.7. The molecular weight excluding hydrogens is 354 g/mol. The summed E-state index contributed by atoms with van der Waals surface area (Å²) in [6.07, 6.45) is 12.4. The van der Waals surface area contributed by atoms with Gasteiger partial charge in [0.05, 0.1) is 6.04 Å². The number of likely N-dealkylation sites (tertiary alicyclic amines) is 1. The van der Waals surface area contributed by atoms with Crippen molar-refractivity contribution in [2.45, 2.75) is 31.7 Å². The molecule has 2 aromatic rings. The van der Waals surface area contributed by atoms with E-state index in [1.54, 1.807) is 12.3 Å². The van der Waals surface area contributed by atoms with Crippen LogP contribution in [0.2, 0.25) is 0 Å². The van der Waals surface area contributed by atoms with Crippen LogP contribution in [0.15, 0.2) is 36.8 Å². The van der Waals surface area contributed by atoms with Gasteiger partial charge < -0.3 is 10.2 Å². The van der Waals surface area contributed by atoms with Crippen molar-refractivity contribution in [3.8, 4) is 0 Å². The van der Waals surface area contributed by atoms with Crippen LogP contribution in [0, 0.1) is 11.8 Å². The van der Waals surface area contributed by atoms with E-state index in [0.717, 1.165) is 37.1 Å². The normalized spacial score (nSPS) is 26.4. The van der Waals surface area contributed by atoms with Crippen LogP contribution in [0.3, 0.4) is 0 Å². The van der Waals surface area contributed by atoms with E-state index in [9.17, 15) is 9.59 Å². The van der Waals surface area contributed by atoms with Gasteiger partial charge in [-0.1, -0.05) is 0 Å². The predicted molar refractivity (Wildman–Crippen MR) is 104 cm³/mol. The summed E-state index contributed by atoms with van der Waals surface area (Å²) in [5.41, 5.74) is 1.91. The Hall–Kier alpha value is -2.96. The fraction of sp³-hybridized carbons (Fsp3) is 0.429. The van der Waals surface area contributed by atoms with Gasteiger partial charge in [-0.2, -0.15) is 5.10 Å². The number of pyridine rings is 1. The van der Waals surface area contributed by atoms with E-state index in [1.165, 1.54) is 0 Å². The third kappa shape index (κ3) is 3.21. The Labute approximate surface area is 163 Å². The van der Waals surface area contributed by atoms with Crippen molar-refractivity contribution in [2.75, 3.05) is 18.4 Å². The molecule has 28 heavy (non-hydrogen) atoms. The van der Waals surface area contributed by atoms with Crippen LogP contribution in [0.1, 0.15) is 36.4 Å². The molecule has 2 unspecified atom stereocenters. The van der Waals surface area contributed by atoms with Crippen molar-refractivity contribution in [3.63, 3.8) is 0 Å². The van der Waals surface area contributed by atoms with Crippen LogP contribution < -0.4 is 5.32 Å². The molecule has 3 aliphatic rings. The highest BCUT2D eigenvalue weighted by molar-refractivity contribution is 5.94. The average Bonchev–Trinajstić information content (AvgIpc) is 3.41. The van der Waals surface area contributed by atoms with Gasteiger partial charge in [-0.05, 0) is 60.4 Å². The van der Waals surface area contributed by atoms with Crippen molar-refractivity contribution in [1.82, 2.24) is 19.7 Å². The molecule has 1 saturated carbocycles. The highest BCUT2D eigenvalue weighted by atomic mass is 16.2. The summed E-state index contributed by atoms with van der Waals surface area (Å²) in [7, 11) is 0. The van der Waals surface area contributed by atoms with Crippen molar-refractivity contribution in [3.05, 3.63) is 47.9 Å². The minimum Gasteiger partial charge on any atom is -0.339 e. The summed E-state index contributed by atoms with van der Waals surface area (Å²) in [5, 5.41) is 7.15. The fourth-order valence-electron chi connectivity index (χ4n) is 4.80. The van der Waals surface area contributed by atoms with Gasteiger partial charge in [-0.25, -0.2) is 4.98 Å². The molecule has 1 aliphatic carbocycles. The lowest BCUT2D eigenvalue weighted by molar-refractivity contribution is -0.125. The second-order valence-electron chi connectivity index (χ2n) is 8.03. The number of fused-ring (bicyclic) bond motifs is 2. The quantitative estimate of drug-likeness (QED) is 0.833. The van der Waals surface area contributed by atoms with Crippen LogP contribution in [0.25, 0.3) is 6.08 Å². The Bertz CT molecular complexity index is 922. The van der Waals surface area contributed by atoms with Crippen LogP contribution in [0.5, 0.6) is 0 Å². The lowest BCUT2D eigenvalue weighted by atomic mass is 10.0. The maximum atomic E-state index is 12.6. The van der Waals surface area contributed by atoms with Crippen LogP contribution in [-0.2, 0) is 16.0 Å². The number of carbonyl (C=O) groups is 2. The van der Waals surface area contributed by atoms with E-state index < -0.39 is 0 Å². The molecule has 2 fully saturated rings. The molecule has 7 heteroatoms. The molecule has 2 amide bonds. The van der Waals surface area contributed by atoms with E-state index in [0.29, 0.717) is 36.5 Å². The number of nitrogens with zero attached hydrogens (tertiary/aromatic N) is 4. The number of hydrogen-bond acceptors (Lipinski definition) is 4. The highest BCUT2D eigenvalue weighted by Crippen LogP contribution is 2.43. The molecule has 1 N–H and O–H groups in total. The number of hydrogen-bond donors (Lipinski definition) is 1. The minimum atomic E-state index is 0.00727. The largest absolute Gasteiger partial charge is 0.339 e. The maximum Gasteiger partial charge on any atom is 0.246 e. The molecule has 0 radical (unpaired) electrons. The summed E-state index contributed by atoms with van der Waals surface area (Å²) >= 11 is 0. The lowest BCUT2D eigenvalue weighted by Gasteiger charge is -2.18. The molecule has 144 valence electrons. The van der Waals surface area contributed by atoms with E-state index in [2.05, 4.69) is 20.1 Å². The van der Waals surface area contributed by atoms with Crippen molar-refractivity contribution in [1.29, 1.82) is 0 Å². The van der Waals surface area contributed by atoms with Gasteiger partial charge in [0.1, 0.15) is 5.82 Å². The third-order valence-electron chi connectivity index (χ3n) is 6.22. The third-order valence-corrected chi connectivity index (χ3v) is 6.22. The van der Waals surface area contributed by atoms with Gasteiger partial charge >= 0.3 is 0 Å². The maximum absolute atomic E-state index is 12.6. The fourth-order valence-corrected chi connectivity index (χ4v) is 4.80. The second-order valence-corrected chi connectivity index (χ2v) is 8.03. The van der Waals surface area contributed by atoms with Crippen LogP contribution in [0.4, 0.5) is 5.82 Å². The summed E-state index contributed by atoms with van der Waals surface area (Å²) in [6, 6.07) is 4.44. The van der Waals surface area contributed by atoms with Crippen LogP contribution >= 0.6 is 0 Å². The number of aromatic nitrogens is 3. The van der Waals surface area contributed by atoms with Gasteiger partial charge in [-0.3, -0.25) is 14.3 Å². The number of amides is 2. The van der Waals surface area contributed by atoms with Gasteiger partial charge in [0, 0.05) is 44.2 Å². The standard InChI is InChI=1S/C21H23N5O2/c27-19-4-3-15-8-14(11-22-21(15)24-19)2-5-20(28)25-12-16-9-18(10-17(16)13-25)26-7-1-6-23-26/h1-2,5-8,11,16-18H,3-4,9-10,12-13H2,(H,22,24,27)/b5-2+/t16-,17?,18?/m0/s1. The zero-order valence-electron chi connectivity index (χ0n) is 15.6. The lowest BCUT2D eigenvalue weighted by Crippen LogP contribution is -2.28. The summed E-state index contributed by atoms with van der Waals surface area (Å²) in [5.74, 6) is 1.85. The Kier molecular flexibility index (Phi) is 4.22. The van der Waals surface area contributed by atoms with Gasteiger partial charge in [0.25, 0.3) is 0 Å². The first kappa shape index (κ1) is 17.2. The molecule has 0 spiro atoms. The van der Waals surface area contributed by atoms with E-state index in [1.807, 2.05) is 35.5 Å². The number of nitrogens with one attached hydrogen (secondary N) is 1. The van der Waals surface area contributed by atoms with Crippen molar-refractivity contribution < 1.29 is 9.59 Å². The van der Waals surface area contributed by atoms with E-state index in [-0.39, 0.29) is 11.8 Å². The van der Waals surface area contributed by atoms with Gasteiger partial charge in [0.15, 0.2) is 0 Å². The van der Waals surface area contributed by atoms with E-state index in [4.69, 9.17) is 0 Å². The van der Waals surface area contributed by atoms with Gasteiger partial charge in [-0.15, -0.1) is 0 Å². The SMILES string of the molecule is O=C1CCc2cc(/C=C/C(=O)N3CC4CC(n5cccn5)C[C@H]4C3)cnc2N1. The number of anilines is 1. The molecule has 0 bridgehead atoms. The topological polar surface area (TPSA) is 80.1 Å². The summed E-state index contributed by atoms with van der Waals surface area (Å²) in [6.45, 7) is 1.67. The first-order valence-corrected chi connectivity index (χ1v) is 9.90. The second kappa shape index (κ2) is 6.89. The average molecular weight is 377 g/mol. The molecular formula is C21H23N5O2. The summed E-state index contributed by atoms with van der Waals surface area (Å²) in [4.78, 5) is 30.3. The number of carbonyl (C=O) groups excluding carboxylic acids is 2. The number of aryl methyl sites for hydroxylation is 1. The van der Waals surface area contributed by atoms with Crippen molar-refractivity contribution >= 4 is 23.7 Å². The van der Waals surface area contributed by atoms with E-state index >= 15 is 0 Å². The Morgan fingerprint density at radius 2 is 2.04 bits per heavy atom. The summed E-state index contributed by atoms with van der Waals surface area (Å²) < 4.78 is 2.07. The first-order valence-electron chi connectivity index (χ1n) is 9.90. The molecule has 3 atom stereocenters. The zero-order chi connectivity index (χ0) is 19.1. The molecule has 4 heterocycles. The van der Waals surface area contributed by atoms with Crippen molar-refractivity contribution in [2.24, 2.45) is 11.8 Å². The molecule has 1 saturated heterocycles. The Morgan fingerprint density at radius 1 is 1.21 bits per heavy atom. The zero-order valence-corrected chi connectivity index (χ0v) is 15.6. The molecule has 7 nitrogen and oxygen atoms in total. The van der Waals surface area contributed by atoms with Gasteiger partial charge in [0.2, 0.25) is 11.8 Å². The Morgan fingerprint density at radius 3 is 2.79 bits per heavy atom. The Balaban J connectivity index is 1.20. The highest BCUT2D eigenvalue weighted by Gasteiger charge is 2.42. The monoisotopic (exact) mass is 377 g/mol. The number of rotatable bonds is 3. The van der Waals surface area contributed by atoms with Crippen LogP contribution in [-0.4, -0.2) is 44.6 Å². The molecule has 2 aliphatic heterocycles. The smallest absolute Gasteiger partial charge is 0.246 e. The minimum absolute atomic E-state index is 0.00727.